The van der Waals surface area contributed by atoms with Crippen molar-refractivity contribution in [3.05, 3.63) is 69.9 Å². The molecule has 0 spiro atoms. The lowest BCUT2D eigenvalue weighted by Crippen LogP contribution is -2.36. The number of nitrogens with zero attached hydrogens (tertiary/aromatic N) is 3. The van der Waals surface area contributed by atoms with E-state index >= 15 is 0 Å². The van der Waals surface area contributed by atoms with Gasteiger partial charge in [-0.25, -0.2) is 4.68 Å². The second kappa shape index (κ2) is 9.32. The van der Waals surface area contributed by atoms with Crippen molar-refractivity contribution in [2.75, 3.05) is 19.5 Å². The second-order valence-electron chi connectivity index (χ2n) is 10.4. The zero-order valence-electron chi connectivity index (χ0n) is 21.6. The Balaban J connectivity index is 1.56. The van der Waals surface area contributed by atoms with E-state index in [1.807, 2.05) is 22.9 Å². The van der Waals surface area contributed by atoms with E-state index in [2.05, 4.69) is 51.2 Å². The third-order valence-electron chi connectivity index (χ3n) is 6.90. The van der Waals surface area contributed by atoms with Gasteiger partial charge in [0.1, 0.15) is 6.04 Å². The Kier molecular flexibility index (Phi) is 6.32. The number of aromatic nitrogens is 3. The standard InChI is InChI=1S/C28H32N4O3S/c1-16-7-8-17(2)19(11-16)15-36-27-30-26-29-20-13-28(3,4)14-21(33)24(20)25(32(26)31-27)18-9-10-22(34-5)23(12-18)35-6/h7-12,25H,13-15H2,1-6H3,(H,29,30,31). The number of ether oxygens (including phenoxy) is 2. The summed E-state index contributed by atoms with van der Waals surface area (Å²) in [6, 6.07) is 11.9. The predicted molar refractivity (Wildman–Crippen MR) is 142 cm³/mol. The molecule has 0 fully saturated rings. The van der Waals surface area contributed by atoms with Crippen LogP contribution in [0.15, 0.2) is 52.8 Å². The van der Waals surface area contributed by atoms with Gasteiger partial charge in [-0.15, -0.1) is 5.10 Å². The lowest BCUT2D eigenvalue weighted by atomic mass is 9.73. The number of allylic oxidation sites excluding steroid dienone is 2. The van der Waals surface area contributed by atoms with Crippen molar-refractivity contribution in [1.82, 2.24) is 14.8 Å². The minimum atomic E-state index is -0.387. The van der Waals surface area contributed by atoms with Gasteiger partial charge in [-0.2, -0.15) is 4.98 Å². The number of hydrogen-bond acceptors (Lipinski definition) is 7. The van der Waals surface area contributed by atoms with Crippen molar-refractivity contribution in [1.29, 1.82) is 0 Å². The molecule has 0 saturated carbocycles. The number of ketones is 1. The fraction of sp³-hybridized carbons (Fsp3) is 0.393. The molecule has 0 bridgehead atoms. The maximum absolute atomic E-state index is 13.5. The van der Waals surface area contributed by atoms with Crippen molar-refractivity contribution >= 4 is 23.5 Å². The molecule has 36 heavy (non-hydrogen) atoms. The van der Waals surface area contributed by atoms with Crippen molar-refractivity contribution in [2.24, 2.45) is 5.41 Å². The van der Waals surface area contributed by atoms with Crippen LogP contribution < -0.4 is 14.8 Å². The molecule has 1 atom stereocenters. The van der Waals surface area contributed by atoms with E-state index < -0.39 is 0 Å². The van der Waals surface area contributed by atoms with E-state index in [1.54, 1.807) is 26.0 Å². The lowest BCUT2D eigenvalue weighted by molar-refractivity contribution is -0.118. The summed E-state index contributed by atoms with van der Waals surface area (Å²) in [6.45, 7) is 8.49. The Morgan fingerprint density at radius 2 is 1.86 bits per heavy atom. The monoisotopic (exact) mass is 504 g/mol. The van der Waals surface area contributed by atoms with Gasteiger partial charge in [0.15, 0.2) is 17.3 Å². The Labute approximate surface area is 216 Å². The Morgan fingerprint density at radius 3 is 2.61 bits per heavy atom. The molecule has 1 aliphatic carbocycles. The van der Waals surface area contributed by atoms with E-state index in [9.17, 15) is 4.79 Å². The molecule has 3 aromatic rings. The molecule has 2 heterocycles. The highest BCUT2D eigenvalue weighted by Crippen LogP contribution is 2.46. The minimum absolute atomic E-state index is 0.118. The molecule has 2 aliphatic rings. The van der Waals surface area contributed by atoms with Crippen LogP contribution in [0.3, 0.4) is 0 Å². The van der Waals surface area contributed by atoms with Crippen LogP contribution in [0.2, 0.25) is 0 Å². The van der Waals surface area contributed by atoms with Crippen molar-refractivity contribution in [2.45, 2.75) is 57.5 Å². The van der Waals surface area contributed by atoms with Crippen LogP contribution in [0.4, 0.5) is 5.95 Å². The van der Waals surface area contributed by atoms with Gasteiger partial charge in [-0.3, -0.25) is 4.79 Å². The molecule has 188 valence electrons. The molecule has 0 amide bonds. The highest BCUT2D eigenvalue weighted by Gasteiger charge is 2.42. The minimum Gasteiger partial charge on any atom is -0.493 e. The molecule has 1 unspecified atom stereocenters. The topological polar surface area (TPSA) is 78.3 Å². The summed E-state index contributed by atoms with van der Waals surface area (Å²) in [6.07, 6.45) is 1.27. The lowest BCUT2D eigenvalue weighted by Gasteiger charge is -2.38. The first kappa shape index (κ1) is 24.4. The van der Waals surface area contributed by atoms with Crippen LogP contribution in [-0.2, 0) is 10.5 Å². The van der Waals surface area contributed by atoms with Gasteiger partial charge >= 0.3 is 0 Å². The fourth-order valence-electron chi connectivity index (χ4n) is 5.08. The van der Waals surface area contributed by atoms with Gasteiger partial charge in [-0.1, -0.05) is 55.4 Å². The molecule has 7 nitrogen and oxygen atoms in total. The summed E-state index contributed by atoms with van der Waals surface area (Å²) in [7, 11) is 3.23. The van der Waals surface area contributed by atoms with Gasteiger partial charge in [0.05, 0.1) is 14.2 Å². The molecular weight excluding hydrogens is 472 g/mol. The van der Waals surface area contributed by atoms with Crippen molar-refractivity contribution in [3.63, 3.8) is 0 Å². The molecule has 0 saturated heterocycles. The fourth-order valence-corrected chi connectivity index (χ4v) is 5.97. The van der Waals surface area contributed by atoms with Crippen LogP contribution in [-0.4, -0.2) is 34.8 Å². The first-order chi connectivity index (χ1) is 17.2. The summed E-state index contributed by atoms with van der Waals surface area (Å²) in [5.74, 6) is 2.83. The van der Waals surface area contributed by atoms with Crippen LogP contribution in [0.1, 0.15) is 55.0 Å². The Bertz CT molecular complexity index is 1380. The quantitative estimate of drug-likeness (QED) is 0.421. The van der Waals surface area contributed by atoms with Crippen LogP contribution >= 0.6 is 11.8 Å². The number of aryl methyl sites for hydroxylation is 2. The second-order valence-corrected chi connectivity index (χ2v) is 11.3. The maximum atomic E-state index is 13.5. The average molecular weight is 505 g/mol. The van der Waals surface area contributed by atoms with Gasteiger partial charge in [0, 0.05) is 23.4 Å². The molecule has 8 heteroatoms. The van der Waals surface area contributed by atoms with Gasteiger partial charge < -0.3 is 14.8 Å². The normalized spacial score (nSPS) is 18.4. The number of Topliss-reactive ketones (excluding diaryl/α,β-unsaturated/α-hetero) is 1. The molecule has 5 rings (SSSR count). The number of anilines is 1. The number of methoxy groups -OCH3 is 2. The number of nitrogens with one attached hydrogen (secondary N) is 1. The van der Waals surface area contributed by atoms with Crippen LogP contribution in [0.5, 0.6) is 11.5 Å². The van der Waals surface area contributed by atoms with Gasteiger partial charge in [0.25, 0.3) is 0 Å². The number of carbonyl (C=O) groups excluding carboxylic acids is 1. The molecular formula is C28H32N4O3S. The first-order valence-electron chi connectivity index (χ1n) is 12.1. The number of rotatable bonds is 6. The van der Waals surface area contributed by atoms with E-state index in [0.717, 1.165) is 29.0 Å². The number of benzene rings is 2. The Hall–Kier alpha value is -3.26. The third-order valence-corrected chi connectivity index (χ3v) is 7.78. The largest absolute Gasteiger partial charge is 0.493 e. The van der Waals surface area contributed by atoms with E-state index in [1.165, 1.54) is 16.7 Å². The van der Waals surface area contributed by atoms with Crippen molar-refractivity contribution < 1.29 is 14.3 Å². The number of fused-ring (bicyclic) bond motifs is 1. The molecule has 1 aliphatic heterocycles. The zero-order valence-corrected chi connectivity index (χ0v) is 22.5. The number of hydrogen-bond donors (Lipinski definition) is 1. The SMILES string of the molecule is COc1ccc(C2C3=C(CC(C)(C)CC3=O)Nc3nc(SCc4cc(C)ccc4C)nn32)cc1OC. The van der Waals surface area contributed by atoms with Crippen LogP contribution in [0.25, 0.3) is 0 Å². The summed E-state index contributed by atoms with van der Waals surface area (Å²) in [5, 5.41) is 9.01. The maximum Gasteiger partial charge on any atom is 0.227 e. The van der Waals surface area contributed by atoms with Crippen LogP contribution in [0, 0.1) is 19.3 Å². The highest BCUT2D eigenvalue weighted by molar-refractivity contribution is 7.98. The van der Waals surface area contributed by atoms with Gasteiger partial charge in [-0.05, 0) is 54.5 Å². The molecule has 1 N–H and O–H groups in total. The summed E-state index contributed by atoms with van der Waals surface area (Å²) in [4.78, 5) is 18.3. The Morgan fingerprint density at radius 1 is 1.08 bits per heavy atom. The zero-order chi connectivity index (χ0) is 25.6. The average Bonchev–Trinajstić information content (AvgIpc) is 3.24. The predicted octanol–water partition coefficient (Wildman–Crippen LogP) is 5.86. The molecule has 1 aromatic heterocycles. The number of carbonyl (C=O) groups is 1. The third kappa shape index (κ3) is 4.50. The summed E-state index contributed by atoms with van der Waals surface area (Å²) < 4.78 is 12.9. The van der Waals surface area contributed by atoms with E-state index in [4.69, 9.17) is 19.6 Å². The number of thioether (sulfide) groups is 1. The smallest absolute Gasteiger partial charge is 0.227 e. The molecule has 0 radical (unpaired) electrons. The molecule has 2 aromatic carbocycles. The highest BCUT2D eigenvalue weighted by atomic mass is 32.2. The van der Waals surface area contributed by atoms with E-state index in [-0.39, 0.29) is 17.2 Å². The van der Waals surface area contributed by atoms with E-state index in [0.29, 0.717) is 29.0 Å². The van der Waals surface area contributed by atoms with Gasteiger partial charge in [0.2, 0.25) is 11.1 Å². The summed E-state index contributed by atoms with van der Waals surface area (Å²) in [5.41, 5.74) is 6.24. The van der Waals surface area contributed by atoms with Crippen molar-refractivity contribution in [3.8, 4) is 11.5 Å². The first-order valence-corrected chi connectivity index (χ1v) is 13.1. The summed E-state index contributed by atoms with van der Waals surface area (Å²) >= 11 is 1.60.